The van der Waals surface area contributed by atoms with E-state index >= 15 is 0 Å². The lowest BCUT2D eigenvalue weighted by Crippen LogP contribution is -2.26. The Morgan fingerprint density at radius 1 is 1.35 bits per heavy atom. The molecule has 0 saturated heterocycles. The minimum atomic E-state index is -0.0880. The standard InChI is InChI=1S/C15H15ClN2O2/c16-13-8-17-15(7-12(13)10-19)18-5-6-20-14-4-2-1-3-11(14)9-18/h1-4,7-8,19H,5-6,9-10H2. The highest BCUT2D eigenvalue weighted by Crippen LogP contribution is 2.27. The number of anilines is 1. The minimum absolute atomic E-state index is 0.0880. The van der Waals surface area contributed by atoms with E-state index in [4.69, 9.17) is 16.3 Å². The molecule has 0 unspecified atom stereocenters. The fourth-order valence-electron chi connectivity index (χ4n) is 2.28. The Kier molecular flexibility index (Phi) is 3.76. The molecule has 0 aliphatic carbocycles. The Balaban J connectivity index is 1.91. The average Bonchev–Trinajstić information content (AvgIpc) is 2.70. The molecule has 4 nitrogen and oxygen atoms in total. The van der Waals surface area contributed by atoms with Crippen LogP contribution in [0.5, 0.6) is 5.75 Å². The van der Waals surface area contributed by atoms with Crippen LogP contribution in [0.15, 0.2) is 36.5 Å². The lowest BCUT2D eigenvalue weighted by Gasteiger charge is -2.21. The largest absolute Gasteiger partial charge is 0.491 e. The van der Waals surface area contributed by atoms with Crippen molar-refractivity contribution < 1.29 is 9.84 Å². The summed E-state index contributed by atoms with van der Waals surface area (Å²) in [5.41, 5.74) is 1.82. The van der Waals surface area contributed by atoms with Crippen molar-refractivity contribution in [2.75, 3.05) is 18.1 Å². The van der Waals surface area contributed by atoms with Crippen molar-refractivity contribution in [1.82, 2.24) is 4.98 Å². The molecule has 0 radical (unpaired) electrons. The Bertz CT molecular complexity index is 619. The summed E-state index contributed by atoms with van der Waals surface area (Å²) in [5, 5.41) is 9.79. The third-order valence-electron chi connectivity index (χ3n) is 3.37. The molecule has 1 aliphatic rings. The molecule has 1 N–H and O–H groups in total. The SMILES string of the molecule is OCc1cc(N2CCOc3ccccc3C2)ncc1Cl. The molecule has 1 aliphatic heterocycles. The summed E-state index contributed by atoms with van der Waals surface area (Å²) in [4.78, 5) is 6.48. The molecule has 5 heteroatoms. The first kappa shape index (κ1) is 13.2. The van der Waals surface area contributed by atoms with Gasteiger partial charge in [0.25, 0.3) is 0 Å². The smallest absolute Gasteiger partial charge is 0.129 e. The quantitative estimate of drug-likeness (QED) is 0.923. The van der Waals surface area contributed by atoms with Gasteiger partial charge in [0.2, 0.25) is 0 Å². The van der Waals surface area contributed by atoms with E-state index in [1.54, 1.807) is 6.20 Å². The summed E-state index contributed by atoms with van der Waals surface area (Å²) in [6, 6.07) is 9.83. The molecule has 1 aromatic carbocycles. The van der Waals surface area contributed by atoms with E-state index in [-0.39, 0.29) is 6.61 Å². The lowest BCUT2D eigenvalue weighted by atomic mass is 10.2. The zero-order chi connectivity index (χ0) is 13.9. The van der Waals surface area contributed by atoms with Crippen LogP contribution >= 0.6 is 11.6 Å². The predicted octanol–water partition coefficient (Wildman–Crippen LogP) is 2.63. The number of hydrogen-bond donors (Lipinski definition) is 1. The van der Waals surface area contributed by atoms with Gasteiger partial charge in [0.15, 0.2) is 0 Å². The zero-order valence-corrected chi connectivity index (χ0v) is 11.7. The van der Waals surface area contributed by atoms with E-state index in [9.17, 15) is 5.11 Å². The first-order valence-corrected chi connectivity index (χ1v) is 6.86. The summed E-state index contributed by atoms with van der Waals surface area (Å²) < 4.78 is 5.74. The van der Waals surface area contributed by atoms with E-state index in [1.807, 2.05) is 24.3 Å². The molecular formula is C15H15ClN2O2. The van der Waals surface area contributed by atoms with Gasteiger partial charge < -0.3 is 14.7 Å². The normalized spacial score (nSPS) is 14.4. The minimum Gasteiger partial charge on any atom is -0.491 e. The Morgan fingerprint density at radius 3 is 3.05 bits per heavy atom. The van der Waals surface area contributed by atoms with E-state index < -0.39 is 0 Å². The van der Waals surface area contributed by atoms with Crippen molar-refractivity contribution in [3.8, 4) is 5.75 Å². The molecule has 2 aromatic rings. The summed E-state index contributed by atoms with van der Waals surface area (Å²) >= 11 is 5.98. The molecule has 0 amide bonds. The van der Waals surface area contributed by atoms with E-state index in [2.05, 4.69) is 16.0 Å². The highest BCUT2D eigenvalue weighted by Gasteiger charge is 2.17. The maximum Gasteiger partial charge on any atom is 0.129 e. The van der Waals surface area contributed by atoms with Crippen molar-refractivity contribution in [3.63, 3.8) is 0 Å². The number of rotatable bonds is 2. The van der Waals surface area contributed by atoms with E-state index in [1.165, 1.54) is 0 Å². The number of benzene rings is 1. The van der Waals surface area contributed by atoms with Crippen molar-refractivity contribution in [1.29, 1.82) is 0 Å². The van der Waals surface area contributed by atoms with Crippen LogP contribution in [0, 0.1) is 0 Å². The Morgan fingerprint density at radius 2 is 2.20 bits per heavy atom. The highest BCUT2D eigenvalue weighted by molar-refractivity contribution is 6.31. The van der Waals surface area contributed by atoms with Gasteiger partial charge in [-0.15, -0.1) is 0 Å². The number of halogens is 1. The van der Waals surface area contributed by atoms with Gasteiger partial charge in [-0.05, 0) is 12.1 Å². The number of nitrogens with zero attached hydrogens (tertiary/aromatic N) is 2. The van der Waals surface area contributed by atoms with Crippen LogP contribution < -0.4 is 9.64 Å². The van der Waals surface area contributed by atoms with Crippen molar-refractivity contribution >= 4 is 17.4 Å². The molecule has 0 bridgehead atoms. The van der Waals surface area contributed by atoms with Gasteiger partial charge in [0.05, 0.1) is 18.2 Å². The Labute approximate surface area is 122 Å². The molecule has 104 valence electrons. The number of ether oxygens (including phenoxy) is 1. The van der Waals surface area contributed by atoms with Crippen molar-refractivity contribution in [3.05, 3.63) is 52.7 Å². The van der Waals surface area contributed by atoms with Gasteiger partial charge in [-0.2, -0.15) is 0 Å². The number of aliphatic hydroxyl groups is 1. The second kappa shape index (κ2) is 5.69. The number of aromatic nitrogens is 1. The summed E-state index contributed by atoms with van der Waals surface area (Å²) in [7, 11) is 0. The number of hydrogen-bond acceptors (Lipinski definition) is 4. The molecule has 0 spiro atoms. The fourth-order valence-corrected chi connectivity index (χ4v) is 2.45. The number of para-hydroxylation sites is 1. The van der Waals surface area contributed by atoms with Gasteiger partial charge in [-0.1, -0.05) is 29.8 Å². The van der Waals surface area contributed by atoms with Crippen LogP contribution in [-0.4, -0.2) is 23.2 Å². The second-order valence-electron chi connectivity index (χ2n) is 4.67. The van der Waals surface area contributed by atoms with Crippen molar-refractivity contribution in [2.24, 2.45) is 0 Å². The van der Waals surface area contributed by atoms with Crippen LogP contribution in [0.1, 0.15) is 11.1 Å². The van der Waals surface area contributed by atoms with E-state index in [0.29, 0.717) is 17.2 Å². The monoisotopic (exact) mass is 290 g/mol. The summed E-state index contributed by atoms with van der Waals surface area (Å²) in [6.45, 7) is 1.99. The molecule has 2 heterocycles. The maximum absolute atomic E-state index is 9.30. The van der Waals surface area contributed by atoms with E-state index in [0.717, 1.165) is 30.2 Å². The third kappa shape index (κ3) is 2.57. The first-order chi connectivity index (χ1) is 9.78. The highest BCUT2D eigenvalue weighted by atomic mass is 35.5. The number of aliphatic hydroxyl groups excluding tert-OH is 1. The van der Waals surface area contributed by atoms with Crippen LogP contribution in [0.25, 0.3) is 0 Å². The van der Waals surface area contributed by atoms with Gasteiger partial charge in [-0.3, -0.25) is 0 Å². The zero-order valence-electron chi connectivity index (χ0n) is 10.9. The summed E-state index contributed by atoms with van der Waals surface area (Å²) in [6.07, 6.45) is 1.58. The molecule has 0 fully saturated rings. The van der Waals surface area contributed by atoms with Gasteiger partial charge in [0, 0.05) is 23.9 Å². The van der Waals surface area contributed by atoms with Crippen LogP contribution in [0.4, 0.5) is 5.82 Å². The average molecular weight is 291 g/mol. The van der Waals surface area contributed by atoms with Crippen LogP contribution in [-0.2, 0) is 13.2 Å². The molecule has 20 heavy (non-hydrogen) atoms. The topological polar surface area (TPSA) is 45.6 Å². The van der Waals surface area contributed by atoms with Crippen LogP contribution in [0.3, 0.4) is 0 Å². The molecular weight excluding hydrogens is 276 g/mol. The lowest BCUT2D eigenvalue weighted by molar-refractivity contribution is 0.282. The number of pyridine rings is 1. The second-order valence-corrected chi connectivity index (χ2v) is 5.08. The summed E-state index contributed by atoms with van der Waals surface area (Å²) in [5.74, 6) is 1.73. The van der Waals surface area contributed by atoms with Gasteiger partial charge >= 0.3 is 0 Å². The van der Waals surface area contributed by atoms with Gasteiger partial charge in [-0.25, -0.2) is 4.98 Å². The molecule has 1 aromatic heterocycles. The first-order valence-electron chi connectivity index (χ1n) is 6.49. The Hall–Kier alpha value is -1.78. The molecule has 0 atom stereocenters. The van der Waals surface area contributed by atoms with Crippen LogP contribution in [0.2, 0.25) is 5.02 Å². The van der Waals surface area contributed by atoms with Crippen molar-refractivity contribution in [2.45, 2.75) is 13.2 Å². The predicted molar refractivity (Wildman–Crippen MR) is 78.2 cm³/mol. The third-order valence-corrected chi connectivity index (χ3v) is 3.71. The van der Waals surface area contributed by atoms with Gasteiger partial charge in [0.1, 0.15) is 18.2 Å². The fraction of sp³-hybridized carbons (Fsp3) is 0.267. The number of fused-ring (bicyclic) bond motifs is 1. The maximum atomic E-state index is 9.30. The molecule has 3 rings (SSSR count). The molecule has 0 saturated carbocycles.